The fourth-order valence-electron chi connectivity index (χ4n) is 2.01. The lowest BCUT2D eigenvalue weighted by molar-refractivity contribution is -0.133. The van der Waals surface area contributed by atoms with Gasteiger partial charge in [-0.2, -0.15) is 0 Å². The van der Waals surface area contributed by atoms with E-state index in [9.17, 15) is 4.79 Å². The lowest BCUT2D eigenvalue weighted by atomic mass is 10.1. The Morgan fingerprint density at radius 3 is 2.85 bits per heavy atom. The first-order valence-corrected chi connectivity index (χ1v) is 6.89. The minimum absolute atomic E-state index is 0.289. The van der Waals surface area contributed by atoms with Gasteiger partial charge < -0.3 is 4.74 Å². The smallest absolute Gasteiger partial charge is 0.341 e. The minimum atomic E-state index is -0.456. The van der Waals surface area contributed by atoms with Gasteiger partial charge in [-0.3, -0.25) is 14.9 Å². The van der Waals surface area contributed by atoms with Crippen LogP contribution in [0.25, 0.3) is 6.08 Å². The second-order valence-corrected chi connectivity index (χ2v) is 4.69. The fourth-order valence-corrected chi connectivity index (χ4v) is 2.29. The van der Waals surface area contributed by atoms with E-state index in [1.165, 1.54) is 6.20 Å². The van der Waals surface area contributed by atoms with Crippen molar-refractivity contribution in [2.45, 2.75) is 27.3 Å². The number of ether oxygens (including phenoxy) is 1. The standard InChI is InChI=1S/C14H17ClN2O3/c1-4-19-14(18)10-7-16-12-6-9(3)17(20-5-2)8-11(12)13(10)15/h6-7H,4-5,8H2,1-3H3. The van der Waals surface area contributed by atoms with Gasteiger partial charge in [-0.25, -0.2) is 4.79 Å². The molecule has 0 N–H and O–H groups in total. The first-order valence-electron chi connectivity index (χ1n) is 6.51. The molecule has 0 amide bonds. The normalized spacial score (nSPS) is 13.8. The van der Waals surface area contributed by atoms with Crippen LogP contribution in [0.1, 0.15) is 42.4 Å². The van der Waals surface area contributed by atoms with Gasteiger partial charge in [-0.15, -0.1) is 0 Å². The molecule has 0 radical (unpaired) electrons. The first-order chi connectivity index (χ1) is 9.58. The third kappa shape index (κ3) is 2.78. The molecule has 6 heteroatoms. The lowest BCUT2D eigenvalue weighted by Gasteiger charge is -2.29. The Balaban J connectivity index is 2.39. The molecule has 0 aliphatic carbocycles. The average molecular weight is 297 g/mol. The molecule has 0 saturated heterocycles. The summed E-state index contributed by atoms with van der Waals surface area (Å²) in [5, 5.41) is 2.12. The van der Waals surface area contributed by atoms with Crippen LogP contribution in [0.4, 0.5) is 0 Å². The molecule has 20 heavy (non-hydrogen) atoms. The van der Waals surface area contributed by atoms with Crippen LogP contribution in [0.2, 0.25) is 5.02 Å². The number of hydrogen-bond acceptors (Lipinski definition) is 5. The molecule has 1 aliphatic heterocycles. The molecular weight excluding hydrogens is 280 g/mol. The van der Waals surface area contributed by atoms with E-state index in [0.717, 1.165) is 17.0 Å². The highest BCUT2D eigenvalue weighted by Gasteiger charge is 2.23. The van der Waals surface area contributed by atoms with Crippen molar-refractivity contribution in [2.75, 3.05) is 13.2 Å². The van der Waals surface area contributed by atoms with Crippen molar-refractivity contribution in [3.63, 3.8) is 0 Å². The topological polar surface area (TPSA) is 51.7 Å². The summed E-state index contributed by atoms with van der Waals surface area (Å²) in [6, 6.07) is 0. The molecule has 0 spiro atoms. The van der Waals surface area contributed by atoms with Crippen LogP contribution >= 0.6 is 11.6 Å². The van der Waals surface area contributed by atoms with E-state index in [2.05, 4.69) is 4.98 Å². The summed E-state index contributed by atoms with van der Waals surface area (Å²) in [4.78, 5) is 21.6. The predicted molar refractivity (Wildman–Crippen MR) is 76.0 cm³/mol. The van der Waals surface area contributed by atoms with E-state index in [1.54, 1.807) is 12.0 Å². The number of allylic oxidation sites excluding steroid dienone is 1. The summed E-state index contributed by atoms with van der Waals surface area (Å²) in [6.45, 7) is 6.93. The summed E-state index contributed by atoms with van der Waals surface area (Å²) >= 11 is 6.32. The molecule has 0 atom stereocenters. The highest BCUT2D eigenvalue weighted by Crippen LogP contribution is 2.31. The van der Waals surface area contributed by atoms with Crippen molar-refractivity contribution in [1.82, 2.24) is 10.0 Å². The van der Waals surface area contributed by atoms with Crippen molar-refractivity contribution in [3.05, 3.63) is 33.7 Å². The van der Waals surface area contributed by atoms with Crippen molar-refractivity contribution in [1.29, 1.82) is 0 Å². The number of carbonyl (C=O) groups excluding carboxylic acids is 1. The van der Waals surface area contributed by atoms with Crippen LogP contribution < -0.4 is 0 Å². The predicted octanol–water partition coefficient (Wildman–Crippen LogP) is 3.04. The Hall–Kier alpha value is -1.59. The maximum absolute atomic E-state index is 11.8. The number of pyridine rings is 1. The summed E-state index contributed by atoms with van der Waals surface area (Å²) < 4.78 is 4.97. The number of rotatable bonds is 4. The number of aromatic nitrogens is 1. The molecule has 5 nitrogen and oxygen atoms in total. The monoisotopic (exact) mass is 296 g/mol. The highest BCUT2D eigenvalue weighted by atomic mass is 35.5. The average Bonchev–Trinajstić information content (AvgIpc) is 2.41. The lowest BCUT2D eigenvalue weighted by Crippen LogP contribution is -2.26. The van der Waals surface area contributed by atoms with E-state index in [1.807, 2.05) is 19.9 Å². The zero-order valence-corrected chi connectivity index (χ0v) is 12.5. The van der Waals surface area contributed by atoms with Crippen LogP contribution in [-0.4, -0.2) is 29.2 Å². The van der Waals surface area contributed by atoms with Crippen LogP contribution in [0, 0.1) is 0 Å². The molecule has 0 saturated carbocycles. The van der Waals surface area contributed by atoms with E-state index < -0.39 is 5.97 Å². The first kappa shape index (κ1) is 14.8. The molecule has 2 heterocycles. The van der Waals surface area contributed by atoms with Crippen molar-refractivity contribution < 1.29 is 14.4 Å². The van der Waals surface area contributed by atoms with Crippen LogP contribution in [-0.2, 0) is 16.1 Å². The second kappa shape index (κ2) is 6.24. The number of carbonyl (C=O) groups is 1. The van der Waals surface area contributed by atoms with Gasteiger partial charge in [-0.1, -0.05) is 11.6 Å². The van der Waals surface area contributed by atoms with Crippen LogP contribution in [0.3, 0.4) is 0 Å². The zero-order valence-electron chi connectivity index (χ0n) is 11.8. The zero-order chi connectivity index (χ0) is 14.7. The summed E-state index contributed by atoms with van der Waals surface area (Å²) in [5.74, 6) is -0.456. The molecule has 2 rings (SSSR count). The van der Waals surface area contributed by atoms with Crippen molar-refractivity contribution >= 4 is 23.6 Å². The van der Waals surface area contributed by atoms with Gasteiger partial charge in [0.15, 0.2) is 0 Å². The molecule has 0 unspecified atom stereocenters. The third-order valence-corrected chi connectivity index (χ3v) is 3.40. The molecule has 0 aromatic carbocycles. The summed E-state index contributed by atoms with van der Waals surface area (Å²) in [5.41, 5.74) is 2.77. The van der Waals surface area contributed by atoms with E-state index >= 15 is 0 Å². The molecule has 1 aromatic rings. The number of fused-ring (bicyclic) bond motifs is 1. The maximum Gasteiger partial charge on any atom is 0.341 e. The minimum Gasteiger partial charge on any atom is -0.462 e. The molecule has 0 bridgehead atoms. The number of nitrogens with zero attached hydrogens (tertiary/aromatic N) is 2. The Bertz CT molecular complexity index is 558. The van der Waals surface area contributed by atoms with E-state index in [4.69, 9.17) is 21.2 Å². The van der Waals surface area contributed by atoms with E-state index in [-0.39, 0.29) is 5.56 Å². The third-order valence-electron chi connectivity index (χ3n) is 2.96. The van der Waals surface area contributed by atoms with Crippen LogP contribution in [0.5, 0.6) is 0 Å². The quantitative estimate of drug-likeness (QED) is 0.799. The van der Waals surface area contributed by atoms with Gasteiger partial charge >= 0.3 is 5.97 Å². The number of hydrogen-bond donors (Lipinski definition) is 0. The van der Waals surface area contributed by atoms with Gasteiger partial charge in [0, 0.05) is 17.5 Å². The Kier molecular flexibility index (Phi) is 4.62. The maximum atomic E-state index is 11.8. The van der Waals surface area contributed by atoms with E-state index in [0.29, 0.717) is 24.8 Å². The largest absolute Gasteiger partial charge is 0.462 e. The van der Waals surface area contributed by atoms with Crippen molar-refractivity contribution in [3.8, 4) is 0 Å². The van der Waals surface area contributed by atoms with Gasteiger partial charge in [0.25, 0.3) is 0 Å². The van der Waals surface area contributed by atoms with Gasteiger partial charge in [0.1, 0.15) is 0 Å². The number of esters is 1. The SMILES string of the molecule is CCOC(=O)c1cnc2c(c1Cl)CN(OCC)C(C)=C2. The van der Waals surface area contributed by atoms with Gasteiger partial charge in [0.2, 0.25) is 0 Å². The summed E-state index contributed by atoms with van der Waals surface area (Å²) in [6.07, 6.45) is 3.34. The Labute approximate surface area is 123 Å². The fraction of sp³-hybridized carbons (Fsp3) is 0.429. The second-order valence-electron chi connectivity index (χ2n) is 4.31. The number of halogens is 1. The van der Waals surface area contributed by atoms with Gasteiger partial charge in [0.05, 0.1) is 36.0 Å². The highest BCUT2D eigenvalue weighted by molar-refractivity contribution is 6.34. The molecule has 108 valence electrons. The van der Waals surface area contributed by atoms with Crippen molar-refractivity contribution in [2.24, 2.45) is 0 Å². The van der Waals surface area contributed by atoms with Gasteiger partial charge in [-0.05, 0) is 26.8 Å². The Morgan fingerprint density at radius 2 is 2.20 bits per heavy atom. The Morgan fingerprint density at radius 1 is 1.45 bits per heavy atom. The molecule has 1 aromatic heterocycles. The molecular formula is C14H17ClN2O3. The van der Waals surface area contributed by atoms with Crippen LogP contribution in [0.15, 0.2) is 11.9 Å². The summed E-state index contributed by atoms with van der Waals surface area (Å²) in [7, 11) is 0. The molecule has 0 fully saturated rings. The molecule has 1 aliphatic rings. The number of hydroxylamine groups is 2.